The van der Waals surface area contributed by atoms with Gasteiger partial charge in [0.2, 0.25) is 0 Å². The van der Waals surface area contributed by atoms with Gasteiger partial charge < -0.3 is 9.52 Å². The van der Waals surface area contributed by atoms with E-state index < -0.39 is 5.97 Å². The van der Waals surface area contributed by atoms with Crippen LogP contribution in [0, 0.1) is 0 Å². The molecule has 0 radical (unpaired) electrons. The van der Waals surface area contributed by atoms with E-state index in [2.05, 4.69) is 0 Å². The number of aldehydes is 1. The fraction of sp³-hybridized carbons (Fsp3) is 0.167. The molecule has 0 amide bonds. The van der Waals surface area contributed by atoms with Crippen molar-refractivity contribution in [2.75, 3.05) is 0 Å². The van der Waals surface area contributed by atoms with Crippen LogP contribution in [-0.4, -0.2) is 17.4 Å². The van der Waals surface area contributed by atoms with Gasteiger partial charge in [0.15, 0.2) is 0 Å². The first kappa shape index (κ1) is 10.4. The highest BCUT2D eigenvalue weighted by atomic mass is 16.4. The number of carbonyl (C=O) groups is 2. The SMILES string of the molecule is O=Cc1ccc2occ(CCC(=O)O)c2c1. The molecule has 2 aromatic rings. The molecule has 0 aliphatic rings. The highest BCUT2D eigenvalue weighted by Crippen LogP contribution is 2.23. The molecule has 0 aliphatic heterocycles. The van der Waals surface area contributed by atoms with Crippen LogP contribution in [0.4, 0.5) is 0 Å². The summed E-state index contributed by atoms with van der Waals surface area (Å²) >= 11 is 0. The summed E-state index contributed by atoms with van der Waals surface area (Å²) in [6.07, 6.45) is 2.76. The third-order valence-electron chi connectivity index (χ3n) is 2.42. The molecule has 1 N–H and O–H groups in total. The molecule has 16 heavy (non-hydrogen) atoms. The number of rotatable bonds is 4. The Morgan fingerprint density at radius 2 is 2.25 bits per heavy atom. The van der Waals surface area contributed by atoms with E-state index >= 15 is 0 Å². The Kier molecular flexibility index (Phi) is 2.72. The van der Waals surface area contributed by atoms with Gasteiger partial charge in [-0.05, 0) is 30.2 Å². The Hall–Kier alpha value is -2.10. The molecule has 1 aromatic heterocycles. The molecule has 1 aromatic carbocycles. The molecular formula is C12H10O4. The average molecular weight is 218 g/mol. The minimum absolute atomic E-state index is 0.0555. The van der Waals surface area contributed by atoms with Gasteiger partial charge in [0.25, 0.3) is 0 Å². The molecular weight excluding hydrogens is 208 g/mol. The van der Waals surface area contributed by atoms with Gasteiger partial charge in [0.1, 0.15) is 11.9 Å². The highest BCUT2D eigenvalue weighted by Gasteiger charge is 2.08. The first-order chi connectivity index (χ1) is 7.70. The number of aliphatic carboxylic acids is 1. The van der Waals surface area contributed by atoms with Crippen molar-refractivity contribution in [2.45, 2.75) is 12.8 Å². The van der Waals surface area contributed by atoms with E-state index in [1.54, 1.807) is 24.5 Å². The Morgan fingerprint density at radius 3 is 2.94 bits per heavy atom. The van der Waals surface area contributed by atoms with Crippen molar-refractivity contribution >= 4 is 23.2 Å². The van der Waals surface area contributed by atoms with E-state index in [4.69, 9.17) is 9.52 Å². The predicted molar refractivity (Wildman–Crippen MR) is 57.6 cm³/mol. The van der Waals surface area contributed by atoms with Crippen molar-refractivity contribution in [1.29, 1.82) is 0 Å². The van der Waals surface area contributed by atoms with Crippen molar-refractivity contribution in [3.05, 3.63) is 35.6 Å². The largest absolute Gasteiger partial charge is 0.481 e. The first-order valence-corrected chi connectivity index (χ1v) is 4.88. The topological polar surface area (TPSA) is 67.5 Å². The minimum Gasteiger partial charge on any atom is -0.481 e. The lowest BCUT2D eigenvalue weighted by atomic mass is 10.1. The van der Waals surface area contributed by atoms with Crippen LogP contribution in [0.5, 0.6) is 0 Å². The number of carboxylic acids is 1. The van der Waals surface area contributed by atoms with Crippen molar-refractivity contribution in [2.24, 2.45) is 0 Å². The summed E-state index contributed by atoms with van der Waals surface area (Å²) in [5, 5.41) is 9.41. The second kappa shape index (κ2) is 4.18. The second-order valence-electron chi connectivity index (χ2n) is 3.53. The van der Waals surface area contributed by atoms with Crippen LogP contribution < -0.4 is 0 Å². The van der Waals surface area contributed by atoms with E-state index in [0.29, 0.717) is 17.6 Å². The average Bonchev–Trinajstić information content (AvgIpc) is 2.68. The van der Waals surface area contributed by atoms with Crippen molar-refractivity contribution in [3.8, 4) is 0 Å². The third kappa shape index (κ3) is 1.95. The van der Waals surface area contributed by atoms with Crippen LogP contribution in [0.3, 0.4) is 0 Å². The van der Waals surface area contributed by atoms with Crippen LogP contribution in [-0.2, 0) is 11.2 Å². The van der Waals surface area contributed by atoms with Crippen LogP contribution in [0.1, 0.15) is 22.3 Å². The summed E-state index contributed by atoms with van der Waals surface area (Å²) in [6, 6.07) is 5.09. The molecule has 0 saturated heterocycles. The minimum atomic E-state index is -0.846. The molecule has 4 nitrogen and oxygen atoms in total. The fourth-order valence-corrected chi connectivity index (χ4v) is 1.61. The number of aryl methyl sites for hydroxylation is 1. The Bertz CT molecular complexity index is 539. The van der Waals surface area contributed by atoms with Crippen LogP contribution in [0.15, 0.2) is 28.9 Å². The molecule has 4 heteroatoms. The maximum Gasteiger partial charge on any atom is 0.303 e. The second-order valence-corrected chi connectivity index (χ2v) is 3.53. The summed E-state index contributed by atoms with van der Waals surface area (Å²) in [5.74, 6) is -0.846. The molecule has 2 rings (SSSR count). The van der Waals surface area contributed by atoms with Crippen LogP contribution in [0.25, 0.3) is 11.0 Å². The number of furan rings is 1. The Labute approximate surface area is 91.5 Å². The molecule has 0 saturated carbocycles. The van der Waals surface area contributed by atoms with Gasteiger partial charge in [-0.15, -0.1) is 0 Å². The molecule has 0 fully saturated rings. The van der Waals surface area contributed by atoms with Gasteiger partial charge in [0.05, 0.1) is 6.26 Å². The van der Waals surface area contributed by atoms with Gasteiger partial charge in [-0.1, -0.05) is 0 Å². The number of fused-ring (bicyclic) bond motifs is 1. The highest BCUT2D eigenvalue weighted by molar-refractivity contribution is 5.88. The number of hydrogen-bond donors (Lipinski definition) is 1. The van der Waals surface area contributed by atoms with Gasteiger partial charge in [-0.2, -0.15) is 0 Å². The molecule has 0 atom stereocenters. The van der Waals surface area contributed by atoms with Gasteiger partial charge in [0, 0.05) is 17.4 Å². The lowest BCUT2D eigenvalue weighted by Gasteiger charge is -1.95. The molecule has 82 valence electrons. The summed E-state index contributed by atoms with van der Waals surface area (Å²) < 4.78 is 5.27. The molecule has 0 bridgehead atoms. The Balaban J connectivity index is 2.37. The van der Waals surface area contributed by atoms with E-state index in [1.807, 2.05) is 0 Å². The molecule has 0 unspecified atom stereocenters. The van der Waals surface area contributed by atoms with E-state index in [-0.39, 0.29) is 6.42 Å². The molecule has 1 heterocycles. The maximum atomic E-state index is 10.6. The third-order valence-corrected chi connectivity index (χ3v) is 2.42. The summed E-state index contributed by atoms with van der Waals surface area (Å²) in [7, 11) is 0. The summed E-state index contributed by atoms with van der Waals surface area (Å²) in [5.41, 5.74) is 2.05. The van der Waals surface area contributed by atoms with Gasteiger partial charge in [-0.3, -0.25) is 9.59 Å². The molecule has 0 aliphatic carbocycles. The smallest absolute Gasteiger partial charge is 0.303 e. The summed E-state index contributed by atoms with van der Waals surface area (Å²) in [6.45, 7) is 0. The zero-order valence-electron chi connectivity index (χ0n) is 8.47. The lowest BCUT2D eigenvalue weighted by molar-refractivity contribution is -0.136. The van der Waals surface area contributed by atoms with E-state index in [9.17, 15) is 9.59 Å². The maximum absolute atomic E-state index is 10.6. The summed E-state index contributed by atoms with van der Waals surface area (Å²) in [4.78, 5) is 21.1. The van der Waals surface area contributed by atoms with Crippen LogP contribution >= 0.6 is 0 Å². The first-order valence-electron chi connectivity index (χ1n) is 4.88. The Morgan fingerprint density at radius 1 is 1.44 bits per heavy atom. The molecule has 0 spiro atoms. The van der Waals surface area contributed by atoms with Crippen molar-refractivity contribution in [3.63, 3.8) is 0 Å². The predicted octanol–water partition coefficient (Wildman–Crippen LogP) is 2.26. The number of carbonyl (C=O) groups excluding carboxylic acids is 1. The number of hydrogen-bond acceptors (Lipinski definition) is 3. The van der Waals surface area contributed by atoms with Gasteiger partial charge >= 0.3 is 5.97 Å². The zero-order valence-corrected chi connectivity index (χ0v) is 8.47. The fourth-order valence-electron chi connectivity index (χ4n) is 1.61. The normalized spacial score (nSPS) is 10.5. The number of benzene rings is 1. The quantitative estimate of drug-likeness (QED) is 0.799. The monoisotopic (exact) mass is 218 g/mol. The van der Waals surface area contributed by atoms with Crippen molar-refractivity contribution in [1.82, 2.24) is 0 Å². The number of carboxylic acid groups (broad SMARTS) is 1. The van der Waals surface area contributed by atoms with Crippen LogP contribution in [0.2, 0.25) is 0 Å². The van der Waals surface area contributed by atoms with Crippen molar-refractivity contribution < 1.29 is 19.1 Å². The standard InChI is InChI=1S/C12H10O4/c13-6-8-1-3-11-10(5-8)9(7-16-11)2-4-12(14)15/h1,3,5-7H,2,4H2,(H,14,15). The lowest BCUT2D eigenvalue weighted by Crippen LogP contribution is -1.96. The zero-order chi connectivity index (χ0) is 11.5. The van der Waals surface area contributed by atoms with E-state index in [0.717, 1.165) is 17.2 Å². The van der Waals surface area contributed by atoms with Gasteiger partial charge in [-0.25, -0.2) is 0 Å². The van der Waals surface area contributed by atoms with E-state index in [1.165, 1.54) is 0 Å².